The summed E-state index contributed by atoms with van der Waals surface area (Å²) < 4.78 is 13.0. The van der Waals surface area contributed by atoms with Gasteiger partial charge in [0.2, 0.25) is 5.13 Å². The fourth-order valence-corrected chi connectivity index (χ4v) is 1.84. The first-order chi connectivity index (χ1) is 7.65. The van der Waals surface area contributed by atoms with Crippen LogP contribution in [0.1, 0.15) is 0 Å². The zero-order valence-corrected chi connectivity index (χ0v) is 8.91. The predicted octanol–water partition coefficient (Wildman–Crippen LogP) is 1.25. The zero-order chi connectivity index (χ0) is 11.5. The summed E-state index contributed by atoms with van der Waals surface area (Å²) in [6.07, 6.45) is 0. The first-order valence-electron chi connectivity index (χ1n) is 4.34. The van der Waals surface area contributed by atoms with E-state index in [1.165, 1.54) is 23.5 Å². The lowest BCUT2D eigenvalue weighted by Gasteiger charge is -1.93. The van der Waals surface area contributed by atoms with Gasteiger partial charge >= 0.3 is 0 Å². The number of guanidine groups is 1. The number of nitrogens with zero attached hydrogens (tertiary/aromatic N) is 3. The van der Waals surface area contributed by atoms with E-state index in [1.807, 2.05) is 0 Å². The Morgan fingerprint density at radius 1 is 1.31 bits per heavy atom. The molecule has 1 heterocycles. The van der Waals surface area contributed by atoms with Crippen molar-refractivity contribution >= 4 is 22.4 Å². The normalized spacial score (nSPS) is 10.1. The topological polar surface area (TPSA) is 90.2 Å². The van der Waals surface area contributed by atoms with E-state index in [1.54, 1.807) is 12.1 Å². The van der Waals surface area contributed by atoms with Crippen LogP contribution in [-0.2, 0) is 0 Å². The highest BCUT2D eigenvalue weighted by atomic mass is 32.1. The molecule has 1 aromatic carbocycles. The standard InChI is InChI=1S/C9H8FN5S/c10-6-3-1-2-5(4-6)7-14-15-9(16-7)13-8(11)12/h1-4H,(H4,11,12,13,15). The Balaban J connectivity index is 2.35. The second-order valence-corrected chi connectivity index (χ2v) is 3.89. The van der Waals surface area contributed by atoms with Crippen molar-refractivity contribution in [3.8, 4) is 10.6 Å². The Kier molecular flexibility index (Phi) is 2.78. The summed E-state index contributed by atoms with van der Waals surface area (Å²) in [5.41, 5.74) is 11.1. The molecular weight excluding hydrogens is 229 g/mol. The maximum absolute atomic E-state index is 13.0. The van der Waals surface area contributed by atoms with Crippen LogP contribution in [0.3, 0.4) is 0 Å². The van der Waals surface area contributed by atoms with Crippen LogP contribution in [-0.4, -0.2) is 16.2 Å². The first-order valence-corrected chi connectivity index (χ1v) is 5.16. The lowest BCUT2D eigenvalue weighted by Crippen LogP contribution is -2.21. The summed E-state index contributed by atoms with van der Waals surface area (Å²) in [6, 6.07) is 6.08. The van der Waals surface area contributed by atoms with Gasteiger partial charge in [-0.15, -0.1) is 10.2 Å². The molecule has 0 amide bonds. The maximum atomic E-state index is 13.0. The molecule has 0 aliphatic heterocycles. The van der Waals surface area contributed by atoms with E-state index in [9.17, 15) is 4.39 Å². The van der Waals surface area contributed by atoms with E-state index in [-0.39, 0.29) is 11.8 Å². The minimum absolute atomic E-state index is 0.0815. The predicted molar refractivity (Wildman–Crippen MR) is 60.8 cm³/mol. The molecule has 0 radical (unpaired) electrons. The van der Waals surface area contributed by atoms with Crippen molar-refractivity contribution in [1.82, 2.24) is 10.2 Å². The van der Waals surface area contributed by atoms with Gasteiger partial charge in [0, 0.05) is 5.56 Å². The van der Waals surface area contributed by atoms with E-state index in [0.29, 0.717) is 15.7 Å². The summed E-state index contributed by atoms with van der Waals surface area (Å²) >= 11 is 1.19. The van der Waals surface area contributed by atoms with Gasteiger partial charge in [-0.3, -0.25) is 0 Å². The molecule has 7 heteroatoms. The van der Waals surface area contributed by atoms with Crippen molar-refractivity contribution in [3.63, 3.8) is 0 Å². The van der Waals surface area contributed by atoms with Gasteiger partial charge in [-0.1, -0.05) is 23.5 Å². The van der Waals surface area contributed by atoms with Crippen LogP contribution in [0.4, 0.5) is 9.52 Å². The zero-order valence-electron chi connectivity index (χ0n) is 8.09. The molecule has 0 saturated heterocycles. The number of benzene rings is 1. The first kappa shape index (κ1) is 10.5. The average Bonchev–Trinajstić information content (AvgIpc) is 2.65. The van der Waals surface area contributed by atoms with Crippen molar-refractivity contribution in [2.45, 2.75) is 0 Å². The van der Waals surface area contributed by atoms with Crippen molar-refractivity contribution in [3.05, 3.63) is 30.1 Å². The lowest BCUT2D eigenvalue weighted by atomic mass is 10.2. The van der Waals surface area contributed by atoms with Crippen LogP contribution in [0.2, 0.25) is 0 Å². The molecule has 5 nitrogen and oxygen atoms in total. The van der Waals surface area contributed by atoms with Crippen LogP contribution in [0.15, 0.2) is 29.3 Å². The van der Waals surface area contributed by atoms with Gasteiger partial charge in [-0.05, 0) is 12.1 Å². The summed E-state index contributed by atoms with van der Waals surface area (Å²) in [6.45, 7) is 0. The van der Waals surface area contributed by atoms with E-state index in [4.69, 9.17) is 11.5 Å². The SMILES string of the molecule is NC(N)=Nc1nnc(-c2cccc(F)c2)s1. The maximum Gasteiger partial charge on any atom is 0.235 e. The number of rotatable bonds is 2. The number of aliphatic imine (C=N–C) groups is 1. The van der Waals surface area contributed by atoms with Gasteiger partial charge in [0.25, 0.3) is 0 Å². The highest BCUT2D eigenvalue weighted by Gasteiger charge is 2.06. The number of hydrogen-bond acceptors (Lipinski definition) is 4. The van der Waals surface area contributed by atoms with E-state index >= 15 is 0 Å². The molecule has 0 aliphatic rings. The Bertz CT molecular complexity index is 532. The Labute approximate surface area is 94.6 Å². The van der Waals surface area contributed by atoms with Gasteiger partial charge in [0.15, 0.2) is 5.96 Å². The molecule has 0 unspecified atom stereocenters. The molecule has 4 N–H and O–H groups in total. The molecule has 82 valence electrons. The van der Waals surface area contributed by atoms with Crippen molar-refractivity contribution in [1.29, 1.82) is 0 Å². The third-order valence-electron chi connectivity index (χ3n) is 1.71. The van der Waals surface area contributed by atoms with Crippen LogP contribution >= 0.6 is 11.3 Å². The summed E-state index contributed by atoms with van der Waals surface area (Å²) in [5, 5.41) is 8.54. The molecule has 0 spiro atoms. The van der Waals surface area contributed by atoms with Crippen LogP contribution in [0.25, 0.3) is 10.6 Å². The highest BCUT2D eigenvalue weighted by molar-refractivity contribution is 7.18. The largest absolute Gasteiger partial charge is 0.370 e. The smallest absolute Gasteiger partial charge is 0.235 e. The van der Waals surface area contributed by atoms with E-state index in [2.05, 4.69) is 15.2 Å². The fourth-order valence-electron chi connectivity index (χ4n) is 1.11. The van der Waals surface area contributed by atoms with Gasteiger partial charge in [0.1, 0.15) is 10.8 Å². The van der Waals surface area contributed by atoms with Crippen molar-refractivity contribution < 1.29 is 4.39 Å². The third-order valence-corrected chi connectivity index (χ3v) is 2.58. The minimum atomic E-state index is -0.323. The second-order valence-electron chi connectivity index (χ2n) is 2.94. The van der Waals surface area contributed by atoms with Gasteiger partial charge < -0.3 is 11.5 Å². The number of nitrogens with two attached hydrogens (primary N) is 2. The van der Waals surface area contributed by atoms with Gasteiger partial charge in [-0.25, -0.2) is 4.39 Å². The summed E-state index contributed by atoms with van der Waals surface area (Å²) in [7, 11) is 0. The Morgan fingerprint density at radius 3 is 2.81 bits per heavy atom. The van der Waals surface area contributed by atoms with Crippen LogP contribution in [0.5, 0.6) is 0 Å². The van der Waals surface area contributed by atoms with Crippen LogP contribution in [0, 0.1) is 5.82 Å². The number of halogens is 1. The molecule has 0 aliphatic carbocycles. The van der Waals surface area contributed by atoms with Crippen molar-refractivity contribution in [2.24, 2.45) is 16.5 Å². The molecule has 0 atom stereocenters. The number of aromatic nitrogens is 2. The minimum Gasteiger partial charge on any atom is -0.370 e. The molecule has 0 bridgehead atoms. The average molecular weight is 237 g/mol. The monoisotopic (exact) mass is 237 g/mol. The molecule has 2 rings (SSSR count). The lowest BCUT2D eigenvalue weighted by molar-refractivity contribution is 0.628. The fraction of sp³-hybridized carbons (Fsp3) is 0. The van der Waals surface area contributed by atoms with Gasteiger partial charge in [-0.2, -0.15) is 4.99 Å². The molecule has 2 aromatic rings. The highest BCUT2D eigenvalue weighted by Crippen LogP contribution is 2.27. The number of hydrogen-bond donors (Lipinski definition) is 2. The summed E-state index contributed by atoms with van der Waals surface area (Å²) in [4.78, 5) is 3.75. The second kappa shape index (κ2) is 4.23. The van der Waals surface area contributed by atoms with Crippen LogP contribution < -0.4 is 11.5 Å². The Morgan fingerprint density at radius 2 is 2.12 bits per heavy atom. The van der Waals surface area contributed by atoms with Crippen molar-refractivity contribution in [2.75, 3.05) is 0 Å². The molecule has 0 fully saturated rings. The molecule has 1 aromatic heterocycles. The molecule has 0 saturated carbocycles. The Hall–Kier alpha value is -2.02. The third kappa shape index (κ3) is 2.31. The molecule has 16 heavy (non-hydrogen) atoms. The van der Waals surface area contributed by atoms with Gasteiger partial charge in [0.05, 0.1) is 0 Å². The molecular formula is C9H8FN5S. The van der Waals surface area contributed by atoms with E-state index in [0.717, 1.165) is 0 Å². The quantitative estimate of drug-likeness (QED) is 0.607. The summed E-state index contributed by atoms with van der Waals surface area (Å²) in [5.74, 6) is -0.405. The van der Waals surface area contributed by atoms with E-state index < -0.39 is 0 Å².